The molecule has 1 aliphatic carbocycles. The topological polar surface area (TPSA) is 26.3 Å². The molecule has 0 N–H and O–H groups in total. The number of carbonyl (C=O) groups is 1. The Bertz CT molecular complexity index is 389. The number of allylic oxidation sites excluding steroid dienone is 2. The van der Waals surface area contributed by atoms with E-state index < -0.39 is 0 Å². The van der Waals surface area contributed by atoms with Gasteiger partial charge in [-0.2, -0.15) is 0 Å². The van der Waals surface area contributed by atoms with Crippen LogP contribution in [0.5, 0.6) is 5.75 Å². The number of para-hydroxylation sites is 1. The first-order valence-corrected chi connectivity index (χ1v) is 5.15. The monoisotopic (exact) mass is 202 g/mol. The number of carbonyl (C=O) groups excluding carboxylic acids is 1. The summed E-state index contributed by atoms with van der Waals surface area (Å²) < 4.78 is 5.29. The number of hydrogen-bond acceptors (Lipinski definition) is 2. The standard InChI is InChI=1S/C13H14O2/c1-15-13-5-3-2-4-12(13)11(8-9-14)10-6-7-10/h2-5,8-10H,6-7H2,1H3/b11-8-. The van der Waals surface area contributed by atoms with Gasteiger partial charge in [0.2, 0.25) is 0 Å². The zero-order valence-electron chi connectivity index (χ0n) is 8.77. The van der Waals surface area contributed by atoms with Crippen LogP contribution in [0.25, 0.3) is 5.57 Å². The van der Waals surface area contributed by atoms with Gasteiger partial charge in [-0.15, -0.1) is 0 Å². The third-order valence-corrected chi connectivity index (χ3v) is 2.68. The minimum absolute atomic E-state index is 0.548. The van der Waals surface area contributed by atoms with Crippen molar-refractivity contribution in [3.05, 3.63) is 35.9 Å². The Labute approximate surface area is 89.6 Å². The van der Waals surface area contributed by atoms with Crippen LogP contribution in [0, 0.1) is 5.92 Å². The number of methoxy groups -OCH3 is 1. The third kappa shape index (κ3) is 2.09. The molecule has 78 valence electrons. The van der Waals surface area contributed by atoms with Gasteiger partial charge in [0, 0.05) is 5.56 Å². The van der Waals surface area contributed by atoms with Gasteiger partial charge in [0.05, 0.1) is 7.11 Å². The summed E-state index contributed by atoms with van der Waals surface area (Å²) in [6, 6.07) is 7.84. The second-order valence-electron chi connectivity index (χ2n) is 3.73. The lowest BCUT2D eigenvalue weighted by atomic mass is 10.0. The molecule has 2 nitrogen and oxygen atoms in total. The van der Waals surface area contributed by atoms with Crippen molar-refractivity contribution in [2.24, 2.45) is 5.92 Å². The molecule has 0 spiro atoms. The largest absolute Gasteiger partial charge is 0.496 e. The Hall–Kier alpha value is -1.57. The van der Waals surface area contributed by atoms with Crippen LogP contribution in [-0.4, -0.2) is 13.4 Å². The van der Waals surface area contributed by atoms with E-state index in [0.29, 0.717) is 5.92 Å². The zero-order valence-corrected chi connectivity index (χ0v) is 8.77. The maximum absolute atomic E-state index is 10.6. The van der Waals surface area contributed by atoms with Gasteiger partial charge in [0.1, 0.15) is 12.0 Å². The molecular weight excluding hydrogens is 188 g/mol. The van der Waals surface area contributed by atoms with E-state index in [-0.39, 0.29) is 0 Å². The summed E-state index contributed by atoms with van der Waals surface area (Å²) in [4.78, 5) is 10.6. The quantitative estimate of drug-likeness (QED) is 0.554. The highest BCUT2D eigenvalue weighted by Gasteiger charge is 2.28. The first-order chi connectivity index (χ1) is 7.36. The summed E-state index contributed by atoms with van der Waals surface area (Å²) in [6.07, 6.45) is 4.88. The number of hydrogen-bond donors (Lipinski definition) is 0. The van der Waals surface area contributed by atoms with Crippen molar-refractivity contribution in [3.8, 4) is 5.75 Å². The Kier molecular flexibility index (Phi) is 2.86. The van der Waals surface area contributed by atoms with Gasteiger partial charge in [0.15, 0.2) is 0 Å². The SMILES string of the molecule is COc1ccccc1/C(=C\C=O)C1CC1. The molecule has 15 heavy (non-hydrogen) atoms. The van der Waals surface area contributed by atoms with Crippen molar-refractivity contribution in [2.75, 3.05) is 7.11 Å². The predicted octanol–water partition coefficient (Wildman–Crippen LogP) is 2.69. The Balaban J connectivity index is 2.40. The molecule has 1 aliphatic rings. The van der Waals surface area contributed by atoms with Gasteiger partial charge >= 0.3 is 0 Å². The molecule has 0 atom stereocenters. The van der Waals surface area contributed by atoms with Gasteiger partial charge in [-0.25, -0.2) is 0 Å². The molecule has 0 amide bonds. The summed E-state index contributed by atoms with van der Waals surface area (Å²) in [5.41, 5.74) is 2.16. The van der Waals surface area contributed by atoms with Gasteiger partial charge in [-0.05, 0) is 36.5 Å². The van der Waals surface area contributed by atoms with E-state index in [9.17, 15) is 4.79 Å². The van der Waals surface area contributed by atoms with E-state index in [0.717, 1.165) is 23.2 Å². The number of aldehydes is 1. The first-order valence-electron chi connectivity index (χ1n) is 5.15. The third-order valence-electron chi connectivity index (χ3n) is 2.68. The Morgan fingerprint density at radius 2 is 2.13 bits per heavy atom. The van der Waals surface area contributed by atoms with E-state index in [1.807, 2.05) is 24.3 Å². The predicted molar refractivity (Wildman–Crippen MR) is 59.8 cm³/mol. The fraction of sp³-hybridized carbons (Fsp3) is 0.308. The van der Waals surface area contributed by atoms with Crippen LogP contribution < -0.4 is 4.74 Å². The normalized spacial score (nSPS) is 16.2. The average molecular weight is 202 g/mol. The van der Waals surface area contributed by atoms with Crippen molar-refractivity contribution in [2.45, 2.75) is 12.8 Å². The zero-order chi connectivity index (χ0) is 10.7. The molecule has 2 heteroatoms. The van der Waals surface area contributed by atoms with E-state index in [1.54, 1.807) is 13.2 Å². The highest BCUT2D eigenvalue weighted by molar-refractivity contribution is 5.85. The Morgan fingerprint density at radius 3 is 2.73 bits per heavy atom. The maximum atomic E-state index is 10.6. The summed E-state index contributed by atoms with van der Waals surface area (Å²) >= 11 is 0. The van der Waals surface area contributed by atoms with Crippen LogP contribution in [0.3, 0.4) is 0 Å². The van der Waals surface area contributed by atoms with Crippen LogP contribution >= 0.6 is 0 Å². The second kappa shape index (κ2) is 4.30. The molecule has 1 fully saturated rings. The smallest absolute Gasteiger partial charge is 0.143 e. The summed E-state index contributed by atoms with van der Waals surface area (Å²) in [7, 11) is 1.66. The van der Waals surface area contributed by atoms with Gasteiger partial charge in [0.25, 0.3) is 0 Å². The summed E-state index contributed by atoms with van der Waals surface area (Å²) in [5.74, 6) is 1.39. The van der Waals surface area contributed by atoms with Crippen LogP contribution in [0.2, 0.25) is 0 Å². The van der Waals surface area contributed by atoms with Crippen LogP contribution in [-0.2, 0) is 4.79 Å². The molecule has 1 aromatic carbocycles. The van der Waals surface area contributed by atoms with Gasteiger partial charge in [-0.3, -0.25) is 4.79 Å². The molecule has 0 unspecified atom stereocenters. The van der Waals surface area contributed by atoms with Crippen molar-refractivity contribution in [3.63, 3.8) is 0 Å². The molecular formula is C13H14O2. The molecule has 0 aromatic heterocycles. The lowest BCUT2D eigenvalue weighted by molar-refractivity contribution is -0.104. The molecule has 0 bridgehead atoms. The van der Waals surface area contributed by atoms with Crippen molar-refractivity contribution >= 4 is 11.9 Å². The Morgan fingerprint density at radius 1 is 1.40 bits per heavy atom. The lowest BCUT2D eigenvalue weighted by Crippen LogP contribution is -1.93. The first kappa shape index (κ1) is 9.97. The van der Waals surface area contributed by atoms with Crippen LogP contribution in [0.4, 0.5) is 0 Å². The number of ether oxygens (including phenoxy) is 1. The van der Waals surface area contributed by atoms with Crippen LogP contribution in [0.1, 0.15) is 18.4 Å². The second-order valence-corrected chi connectivity index (χ2v) is 3.73. The molecule has 0 heterocycles. The lowest BCUT2D eigenvalue weighted by Gasteiger charge is -2.10. The van der Waals surface area contributed by atoms with Gasteiger partial charge in [-0.1, -0.05) is 18.2 Å². The molecule has 0 aliphatic heterocycles. The maximum Gasteiger partial charge on any atom is 0.143 e. The van der Waals surface area contributed by atoms with Crippen LogP contribution in [0.15, 0.2) is 30.3 Å². The number of rotatable bonds is 4. The molecule has 0 radical (unpaired) electrons. The molecule has 0 saturated heterocycles. The minimum Gasteiger partial charge on any atom is -0.496 e. The minimum atomic E-state index is 0.548. The van der Waals surface area contributed by atoms with E-state index >= 15 is 0 Å². The molecule has 1 aromatic rings. The fourth-order valence-electron chi connectivity index (χ4n) is 1.80. The van der Waals surface area contributed by atoms with E-state index in [4.69, 9.17) is 4.74 Å². The highest BCUT2D eigenvalue weighted by atomic mass is 16.5. The average Bonchev–Trinajstić information content (AvgIpc) is 3.10. The summed E-state index contributed by atoms with van der Waals surface area (Å²) in [5, 5.41) is 0. The number of benzene rings is 1. The highest BCUT2D eigenvalue weighted by Crippen LogP contribution is 2.44. The van der Waals surface area contributed by atoms with E-state index in [1.165, 1.54) is 12.8 Å². The van der Waals surface area contributed by atoms with Crippen molar-refractivity contribution in [1.82, 2.24) is 0 Å². The fourth-order valence-corrected chi connectivity index (χ4v) is 1.80. The van der Waals surface area contributed by atoms with Crippen molar-refractivity contribution in [1.29, 1.82) is 0 Å². The van der Waals surface area contributed by atoms with Gasteiger partial charge < -0.3 is 4.74 Å². The molecule has 2 rings (SSSR count). The molecule has 1 saturated carbocycles. The van der Waals surface area contributed by atoms with Crippen molar-refractivity contribution < 1.29 is 9.53 Å². The summed E-state index contributed by atoms with van der Waals surface area (Å²) in [6.45, 7) is 0. The van der Waals surface area contributed by atoms with E-state index in [2.05, 4.69) is 0 Å².